The third-order valence-electron chi connectivity index (χ3n) is 4.95. The molecule has 0 saturated carbocycles. The summed E-state index contributed by atoms with van der Waals surface area (Å²) in [5.74, 6) is -0.209. The van der Waals surface area contributed by atoms with Gasteiger partial charge in [0.25, 0.3) is 11.8 Å². The molecule has 1 saturated heterocycles. The van der Waals surface area contributed by atoms with E-state index in [2.05, 4.69) is 17.1 Å². The highest BCUT2D eigenvalue weighted by molar-refractivity contribution is 6.31. The number of carbonyl (C=O) groups is 2. The molecule has 3 rings (SSSR count). The van der Waals surface area contributed by atoms with E-state index in [0.717, 1.165) is 38.3 Å². The maximum atomic E-state index is 12.6. The van der Waals surface area contributed by atoms with Crippen molar-refractivity contribution in [2.45, 2.75) is 13.8 Å². The van der Waals surface area contributed by atoms with Gasteiger partial charge < -0.3 is 15.1 Å². The van der Waals surface area contributed by atoms with Crippen molar-refractivity contribution in [2.75, 3.05) is 38.0 Å². The molecule has 0 aromatic heterocycles. The number of halogens is 1. The van der Waals surface area contributed by atoms with Gasteiger partial charge in [-0.2, -0.15) is 0 Å². The maximum absolute atomic E-state index is 12.6. The van der Waals surface area contributed by atoms with E-state index in [4.69, 9.17) is 11.6 Å². The number of aryl methyl sites for hydroxylation is 1. The molecule has 142 valence electrons. The average molecular weight is 386 g/mol. The van der Waals surface area contributed by atoms with Gasteiger partial charge in [-0.1, -0.05) is 24.6 Å². The van der Waals surface area contributed by atoms with Gasteiger partial charge in [0.2, 0.25) is 0 Å². The highest BCUT2D eigenvalue weighted by Crippen LogP contribution is 2.21. The number of carbonyl (C=O) groups excluding carboxylic acids is 2. The van der Waals surface area contributed by atoms with E-state index in [1.807, 2.05) is 17.9 Å². The van der Waals surface area contributed by atoms with Crippen LogP contribution >= 0.6 is 11.6 Å². The predicted octanol–water partition coefficient (Wildman–Crippen LogP) is 3.68. The Hall–Kier alpha value is -2.37. The maximum Gasteiger partial charge on any atom is 0.255 e. The van der Waals surface area contributed by atoms with Gasteiger partial charge in [0.15, 0.2) is 0 Å². The normalized spacial score (nSPS) is 14.9. The fourth-order valence-corrected chi connectivity index (χ4v) is 3.31. The van der Waals surface area contributed by atoms with E-state index < -0.39 is 0 Å². The van der Waals surface area contributed by atoms with Crippen LogP contribution in [0.5, 0.6) is 0 Å². The first-order valence-electron chi connectivity index (χ1n) is 9.17. The fourth-order valence-electron chi connectivity index (χ4n) is 3.14. The molecule has 1 aliphatic rings. The molecule has 0 radical (unpaired) electrons. The van der Waals surface area contributed by atoms with E-state index in [-0.39, 0.29) is 11.8 Å². The van der Waals surface area contributed by atoms with Crippen molar-refractivity contribution in [1.29, 1.82) is 0 Å². The van der Waals surface area contributed by atoms with Crippen LogP contribution in [-0.2, 0) is 0 Å². The zero-order valence-corrected chi connectivity index (χ0v) is 16.4. The second kappa shape index (κ2) is 8.55. The van der Waals surface area contributed by atoms with Crippen molar-refractivity contribution in [3.05, 3.63) is 64.2 Å². The van der Waals surface area contributed by atoms with Crippen molar-refractivity contribution in [2.24, 2.45) is 0 Å². The molecule has 5 nitrogen and oxygen atoms in total. The lowest BCUT2D eigenvalue weighted by molar-refractivity contribution is 0.0643. The second-order valence-corrected chi connectivity index (χ2v) is 7.15. The van der Waals surface area contributed by atoms with Crippen LogP contribution < -0.4 is 5.32 Å². The van der Waals surface area contributed by atoms with E-state index in [1.165, 1.54) is 0 Å². The minimum absolute atomic E-state index is 0.0170. The summed E-state index contributed by atoms with van der Waals surface area (Å²) in [5, 5.41) is 3.44. The smallest absolute Gasteiger partial charge is 0.255 e. The minimum atomic E-state index is -0.226. The third-order valence-corrected chi connectivity index (χ3v) is 5.18. The number of hydrogen-bond donors (Lipinski definition) is 1. The summed E-state index contributed by atoms with van der Waals surface area (Å²) >= 11 is 6.00. The number of nitrogens with one attached hydrogen (secondary N) is 1. The molecule has 27 heavy (non-hydrogen) atoms. The van der Waals surface area contributed by atoms with E-state index in [0.29, 0.717) is 21.8 Å². The van der Waals surface area contributed by atoms with Crippen LogP contribution in [0.15, 0.2) is 42.5 Å². The molecule has 1 aliphatic heterocycles. The molecule has 2 aromatic carbocycles. The van der Waals surface area contributed by atoms with Crippen LogP contribution in [0.1, 0.15) is 33.2 Å². The summed E-state index contributed by atoms with van der Waals surface area (Å²) in [6.07, 6.45) is 0. The summed E-state index contributed by atoms with van der Waals surface area (Å²) in [7, 11) is 0. The molecule has 1 heterocycles. The quantitative estimate of drug-likeness (QED) is 0.873. The summed E-state index contributed by atoms with van der Waals surface area (Å²) in [4.78, 5) is 29.3. The molecule has 6 heteroatoms. The number of hydrogen-bond acceptors (Lipinski definition) is 3. The van der Waals surface area contributed by atoms with Gasteiger partial charge in [0.05, 0.1) is 0 Å². The summed E-state index contributed by atoms with van der Waals surface area (Å²) < 4.78 is 0. The standard InChI is InChI=1S/C21H24ClN3O2/c1-3-24-10-12-25(13-11-24)21(27)17-7-5-16(6-8-17)20(26)23-19-14-18(22)9-4-15(19)2/h4-9,14H,3,10-13H2,1-2H3,(H,23,26). The van der Waals surface area contributed by atoms with Crippen LogP contribution in [0.2, 0.25) is 5.02 Å². The Kier molecular flexibility index (Phi) is 6.14. The summed E-state index contributed by atoms with van der Waals surface area (Å²) in [6, 6.07) is 12.2. The number of piperazine rings is 1. The molecule has 0 aliphatic carbocycles. The van der Waals surface area contributed by atoms with Crippen molar-refractivity contribution in [3.8, 4) is 0 Å². The molecule has 0 atom stereocenters. The van der Waals surface area contributed by atoms with Gasteiger partial charge in [-0.05, 0) is 55.4 Å². The highest BCUT2D eigenvalue weighted by Gasteiger charge is 2.21. The molecular weight excluding hydrogens is 362 g/mol. The molecule has 0 unspecified atom stereocenters. The Morgan fingerprint density at radius 1 is 1.00 bits per heavy atom. The van der Waals surface area contributed by atoms with Crippen molar-refractivity contribution >= 4 is 29.1 Å². The van der Waals surface area contributed by atoms with Gasteiger partial charge >= 0.3 is 0 Å². The number of amides is 2. The number of anilines is 1. The Labute approximate surface area is 164 Å². The van der Waals surface area contributed by atoms with Crippen LogP contribution in [0, 0.1) is 6.92 Å². The zero-order chi connectivity index (χ0) is 19.4. The second-order valence-electron chi connectivity index (χ2n) is 6.72. The summed E-state index contributed by atoms with van der Waals surface area (Å²) in [5.41, 5.74) is 2.73. The predicted molar refractivity (Wildman–Crippen MR) is 109 cm³/mol. The molecule has 0 bridgehead atoms. The number of likely N-dealkylation sites (N-methyl/N-ethyl adjacent to an activating group) is 1. The van der Waals surface area contributed by atoms with E-state index >= 15 is 0 Å². The van der Waals surface area contributed by atoms with Gasteiger partial charge in [-0.25, -0.2) is 0 Å². The van der Waals surface area contributed by atoms with Gasteiger partial charge in [0, 0.05) is 48.0 Å². The SMILES string of the molecule is CCN1CCN(C(=O)c2ccc(C(=O)Nc3cc(Cl)ccc3C)cc2)CC1. The van der Waals surface area contributed by atoms with Gasteiger partial charge in [0.1, 0.15) is 0 Å². The van der Waals surface area contributed by atoms with Crippen LogP contribution in [0.3, 0.4) is 0 Å². The van der Waals surface area contributed by atoms with Crippen molar-refractivity contribution in [3.63, 3.8) is 0 Å². The number of rotatable bonds is 4. The molecular formula is C21H24ClN3O2. The highest BCUT2D eigenvalue weighted by atomic mass is 35.5. The molecule has 0 spiro atoms. The first-order valence-corrected chi connectivity index (χ1v) is 9.55. The minimum Gasteiger partial charge on any atom is -0.336 e. The van der Waals surface area contributed by atoms with Crippen molar-refractivity contribution in [1.82, 2.24) is 9.80 Å². The molecule has 1 N–H and O–H groups in total. The van der Waals surface area contributed by atoms with Crippen LogP contribution in [0.4, 0.5) is 5.69 Å². The lowest BCUT2D eigenvalue weighted by atomic mass is 10.1. The van der Waals surface area contributed by atoms with Crippen LogP contribution in [-0.4, -0.2) is 54.3 Å². The number of nitrogens with zero attached hydrogens (tertiary/aromatic N) is 2. The monoisotopic (exact) mass is 385 g/mol. The van der Waals surface area contributed by atoms with E-state index in [1.54, 1.807) is 36.4 Å². The lowest BCUT2D eigenvalue weighted by Gasteiger charge is -2.34. The largest absolute Gasteiger partial charge is 0.336 e. The summed E-state index contributed by atoms with van der Waals surface area (Å²) in [6.45, 7) is 8.34. The van der Waals surface area contributed by atoms with E-state index in [9.17, 15) is 9.59 Å². The van der Waals surface area contributed by atoms with Gasteiger partial charge in [-0.3, -0.25) is 9.59 Å². The molecule has 1 fully saturated rings. The first kappa shape index (κ1) is 19.4. The molecule has 2 aromatic rings. The average Bonchev–Trinajstić information content (AvgIpc) is 2.70. The topological polar surface area (TPSA) is 52.7 Å². The Bertz CT molecular complexity index is 828. The van der Waals surface area contributed by atoms with Crippen LogP contribution in [0.25, 0.3) is 0 Å². The number of benzene rings is 2. The van der Waals surface area contributed by atoms with Gasteiger partial charge in [-0.15, -0.1) is 0 Å². The Morgan fingerprint density at radius 2 is 1.63 bits per heavy atom. The molecule has 2 amide bonds. The lowest BCUT2D eigenvalue weighted by Crippen LogP contribution is -2.48. The Balaban J connectivity index is 1.65. The zero-order valence-electron chi connectivity index (χ0n) is 15.7. The fraction of sp³-hybridized carbons (Fsp3) is 0.333. The Morgan fingerprint density at radius 3 is 2.26 bits per heavy atom. The van der Waals surface area contributed by atoms with Crippen molar-refractivity contribution < 1.29 is 9.59 Å². The first-order chi connectivity index (χ1) is 13.0. The third kappa shape index (κ3) is 4.67.